The first-order valence-corrected chi connectivity index (χ1v) is 4.82. The minimum absolute atomic E-state index is 0.333. The lowest BCUT2D eigenvalue weighted by Gasteiger charge is -2.16. The number of rotatable bonds is 0. The Hall–Kier alpha value is -1.24. The highest BCUT2D eigenvalue weighted by atomic mass is 16.5. The van der Waals surface area contributed by atoms with Gasteiger partial charge in [-0.05, 0) is 43.0 Å². The first kappa shape index (κ1) is 7.19. The molecule has 0 spiro atoms. The fourth-order valence-electron chi connectivity index (χ4n) is 2.15. The molecule has 0 N–H and O–H groups in total. The average molecular weight is 171 g/mol. The largest absolute Gasteiger partial charge is 0.485 e. The summed E-state index contributed by atoms with van der Waals surface area (Å²) in [6.07, 6.45) is 6.27. The van der Waals surface area contributed by atoms with Gasteiger partial charge < -0.3 is 4.74 Å². The maximum absolute atomic E-state index is 5.82. The zero-order valence-corrected chi connectivity index (χ0v) is 7.42. The van der Waals surface area contributed by atoms with Gasteiger partial charge in [0.25, 0.3) is 0 Å². The predicted octanol–water partition coefficient (Wildman–Crippen LogP) is 2.82. The van der Waals surface area contributed by atoms with Gasteiger partial charge in [-0.3, -0.25) is 0 Å². The SMILES string of the molecule is [c]1ccc2c(c1)C1=CCCCC1O2. The zero-order chi connectivity index (χ0) is 8.67. The first-order valence-electron chi connectivity index (χ1n) is 4.82. The van der Waals surface area contributed by atoms with Crippen LogP contribution in [0.2, 0.25) is 0 Å². The molecule has 0 fully saturated rings. The molecule has 0 saturated heterocycles. The first-order chi connectivity index (χ1) is 6.45. The molecule has 3 rings (SSSR count). The van der Waals surface area contributed by atoms with Crippen molar-refractivity contribution >= 4 is 5.57 Å². The van der Waals surface area contributed by atoms with Crippen LogP contribution in [0.4, 0.5) is 0 Å². The molecule has 13 heavy (non-hydrogen) atoms. The van der Waals surface area contributed by atoms with Gasteiger partial charge in [0.1, 0.15) is 11.9 Å². The third kappa shape index (κ3) is 0.998. The lowest BCUT2D eigenvalue weighted by Crippen LogP contribution is -2.14. The van der Waals surface area contributed by atoms with Crippen LogP contribution in [0.5, 0.6) is 5.75 Å². The van der Waals surface area contributed by atoms with E-state index in [4.69, 9.17) is 4.74 Å². The molecule has 1 radical (unpaired) electrons. The standard InChI is InChI=1S/C12H11O/c1-3-7-11-9(5-1)10-6-2-4-8-12(10)13-11/h4-6,8,11H,1,3,7H2. The summed E-state index contributed by atoms with van der Waals surface area (Å²) in [5.41, 5.74) is 2.64. The summed E-state index contributed by atoms with van der Waals surface area (Å²) in [5, 5.41) is 0. The van der Waals surface area contributed by atoms with Crippen molar-refractivity contribution in [2.24, 2.45) is 0 Å². The van der Waals surface area contributed by atoms with Crippen LogP contribution in [0, 0.1) is 6.07 Å². The minimum atomic E-state index is 0.333. The van der Waals surface area contributed by atoms with Gasteiger partial charge in [-0.15, -0.1) is 0 Å². The molecule has 1 heterocycles. The Morgan fingerprint density at radius 3 is 3.46 bits per heavy atom. The molecule has 1 aromatic carbocycles. The summed E-state index contributed by atoms with van der Waals surface area (Å²) in [4.78, 5) is 0. The van der Waals surface area contributed by atoms with Gasteiger partial charge in [-0.25, -0.2) is 0 Å². The van der Waals surface area contributed by atoms with Crippen LogP contribution in [0.3, 0.4) is 0 Å². The quantitative estimate of drug-likeness (QED) is 0.583. The Balaban J connectivity index is 2.13. The Bertz CT molecular complexity index is 365. The summed E-state index contributed by atoms with van der Waals surface area (Å²) < 4.78 is 5.82. The van der Waals surface area contributed by atoms with Crippen molar-refractivity contribution in [3.05, 3.63) is 35.9 Å². The monoisotopic (exact) mass is 171 g/mol. The molecule has 1 unspecified atom stereocenters. The molecule has 0 saturated carbocycles. The van der Waals surface area contributed by atoms with Gasteiger partial charge >= 0.3 is 0 Å². The molecule has 65 valence electrons. The van der Waals surface area contributed by atoms with Crippen LogP contribution in [0.15, 0.2) is 24.3 Å². The highest BCUT2D eigenvalue weighted by Gasteiger charge is 2.29. The highest BCUT2D eigenvalue weighted by Crippen LogP contribution is 2.41. The Morgan fingerprint density at radius 1 is 1.46 bits per heavy atom. The summed E-state index contributed by atoms with van der Waals surface area (Å²) in [7, 11) is 0. The lowest BCUT2D eigenvalue weighted by molar-refractivity contribution is 0.257. The molecule has 1 nitrogen and oxygen atoms in total. The van der Waals surface area contributed by atoms with Crippen LogP contribution in [0.25, 0.3) is 5.57 Å². The summed E-state index contributed by atoms with van der Waals surface area (Å²) >= 11 is 0. The van der Waals surface area contributed by atoms with E-state index in [9.17, 15) is 0 Å². The zero-order valence-electron chi connectivity index (χ0n) is 7.42. The fraction of sp³-hybridized carbons (Fsp3) is 0.333. The van der Waals surface area contributed by atoms with Crippen molar-refractivity contribution in [2.45, 2.75) is 25.4 Å². The molecular formula is C12H11O. The second-order valence-electron chi connectivity index (χ2n) is 3.62. The van der Waals surface area contributed by atoms with E-state index in [2.05, 4.69) is 12.1 Å². The van der Waals surface area contributed by atoms with Crippen LogP contribution in [-0.2, 0) is 0 Å². The number of hydrogen-bond donors (Lipinski definition) is 0. The molecule has 2 aliphatic rings. The van der Waals surface area contributed by atoms with Crippen molar-refractivity contribution in [1.82, 2.24) is 0 Å². The maximum Gasteiger partial charge on any atom is 0.127 e. The van der Waals surface area contributed by atoms with E-state index in [1.54, 1.807) is 0 Å². The van der Waals surface area contributed by atoms with Crippen LogP contribution < -0.4 is 4.74 Å². The van der Waals surface area contributed by atoms with E-state index in [-0.39, 0.29) is 0 Å². The predicted molar refractivity (Wildman–Crippen MR) is 51.5 cm³/mol. The second kappa shape index (κ2) is 2.63. The molecule has 1 aliphatic heterocycles. The molecular weight excluding hydrogens is 160 g/mol. The topological polar surface area (TPSA) is 9.23 Å². The summed E-state index contributed by atoms with van der Waals surface area (Å²) in [6, 6.07) is 9.06. The number of fused-ring (bicyclic) bond motifs is 3. The normalized spacial score (nSPS) is 24.3. The van der Waals surface area contributed by atoms with E-state index in [1.165, 1.54) is 30.4 Å². The Kier molecular flexibility index (Phi) is 1.45. The van der Waals surface area contributed by atoms with Gasteiger partial charge in [0.05, 0.1) is 0 Å². The molecule has 1 aliphatic carbocycles. The van der Waals surface area contributed by atoms with Crippen LogP contribution in [-0.4, -0.2) is 6.10 Å². The van der Waals surface area contributed by atoms with Gasteiger partial charge in [0, 0.05) is 5.56 Å². The summed E-state index contributed by atoms with van der Waals surface area (Å²) in [6.45, 7) is 0. The van der Waals surface area contributed by atoms with E-state index >= 15 is 0 Å². The van der Waals surface area contributed by atoms with Crippen molar-refractivity contribution in [3.8, 4) is 5.75 Å². The Morgan fingerprint density at radius 2 is 2.46 bits per heavy atom. The summed E-state index contributed by atoms with van der Waals surface area (Å²) in [5.74, 6) is 1.04. The number of hydrogen-bond acceptors (Lipinski definition) is 1. The fourth-order valence-corrected chi connectivity index (χ4v) is 2.15. The highest BCUT2D eigenvalue weighted by molar-refractivity contribution is 5.77. The smallest absolute Gasteiger partial charge is 0.127 e. The van der Waals surface area contributed by atoms with Crippen molar-refractivity contribution in [3.63, 3.8) is 0 Å². The van der Waals surface area contributed by atoms with Gasteiger partial charge in [-0.2, -0.15) is 0 Å². The van der Waals surface area contributed by atoms with Crippen molar-refractivity contribution in [1.29, 1.82) is 0 Å². The van der Waals surface area contributed by atoms with Crippen molar-refractivity contribution in [2.75, 3.05) is 0 Å². The molecule has 0 aromatic heterocycles. The van der Waals surface area contributed by atoms with Crippen LogP contribution in [0.1, 0.15) is 24.8 Å². The lowest BCUT2D eigenvalue weighted by atomic mass is 9.93. The average Bonchev–Trinajstić information content (AvgIpc) is 2.56. The van der Waals surface area contributed by atoms with Crippen LogP contribution >= 0.6 is 0 Å². The number of allylic oxidation sites excluding steroid dienone is 1. The number of benzene rings is 1. The molecule has 1 atom stereocenters. The van der Waals surface area contributed by atoms with E-state index in [0.29, 0.717) is 6.10 Å². The van der Waals surface area contributed by atoms with Gasteiger partial charge in [0.15, 0.2) is 0 Å². The van der Waals surface area contributed by atoms with E-state index in [0.717, 1.165) is 5.75 Å². The third-order valence-electron chi connectivity index (χ3n) is 2.79. The molecule has 1 heteroatoms. The minimum Gasteiger partial charge on any atom is -0.485 e. The van der Waals surface area contributed by atoms with Gasteiger partial charge in [0.2, 0.25) is 0 Å². The second-order valence-corrected chi connectivity index (χ2v) is 3.62. The third-order valence-corrected chi connectivity index (χ3v) is 2.79. The van der Waals surface area contributed by atoms with Crippen molar-refractivity contribution < 1.29 is 4.74 Å². The Labute approximate surface area is 78.0 Å². The van der Waals surface area contributed by atoms with E-state index in [1.807, 2.05) is 18.2 Å². The maximum atomic E-state index is 5.82. The van der Waals surface area contributed by atoms with E-state index < -0.39 is 0 Å². The molecule has 1 aromatic rings. The van der Waals surface area contributed by atoms with Gasteiger partial charge in [-0.1, -0.05) is 12.1 Å². The number of ether oxygens (including phenoxy) is 1. The molecule has 0 bridgehead atoms. The molecule has 0 amide bonds.